The van der Waals surface area contributed by atoms with Crippen molar-refractivity contribution in [3.05, 3.63) is 35.9 Å². The predicted octanol–water partition coefficient (Wildman–Crippen LogP) is 4.34. The summed E-state index contributed by atoms with van der Waals surface area (Å²) in [7, 11) is 0. The standard InChI is InChI=1S/C22H29NO2.ClH/c1-19(11-10-18-23-16-8-9-17-23)25-21(24)22(14-6-3-7-15-22)20-12-4-2-5-13-20;/h2,4-5,12-13,19H,3,6-9,14-18H2,1H3;1H. The molecule has 1 unspecified atom stereocenters. The molecule has 1 atom stereocenters. The quantitative estimate of drug-likeness (QED) is 0.579. The molecule has 2 fully saturated rings. The number of esters is 1. The lowest BCUT2D eigenvalue weighted by Gasteiger charge is -2.35. The number of hydrogen-bond donors (Lipinski definition) is 0. The van der Waals surface area contributed by atoms with Gasteiger partial charge in [-0.3, -0.25) is 9.69 Å². The summed E-state index contributed by atoms with van der Waals surface area (Å²) in [6, 6.07) is 10.2. The second kappa shape index (κ2) is 10.00. The van der Waals surface area contributed by atoms with Crippen LogP contribution in [0, 0.1) is 11.8 Å². The van der Waals surface area contributed by atoms with Gasteiger partial charge in [-0.1, -0.05) is 61.4 Å². The Kier molecular flexibility index (Phi) is 8.00. The third kappa shape index (κ3) is 5.02. The molecule has 1 aliphatic heterocycles. The fraction of sp³-hybridized carbons (Fsp3) is 0.591. The van der Waals surface area contributed by atoms with E-state index in [2.05, 4.69) is 28.9 Å². The highest BCUT2D eigenvalue weighted by molar-refractivity contribution is 5.85. The number of halogens is 1. The van der Waals surface area contributed by atoms with Crippen molar-refractivity contribution in [1.29, 1.82) is 0 Å². The Morgan fingerprint density at radius 1 is 1.12 bits per heavy atom. The van der Waals surface area contributed by atoms with E-state index < -0.39 is 5.41 Å². The van der Waals surface area contributed by atoms with Gasteiger partial charge >= 0.3 is 5.97 Å². The monoisotopic (exact) mass is 375 g/mol. The van der Waals surface area contributed by atoms with Gasteiger partial charge < -0.3 is 4.74 Å². The zero-order valence-corrected chi connectivity index (χ0v) is 16.5. The van der Waals surface area contributed by atoms with Crippen molar-refractivity contribution < 1.29 is 9.53 Å². The largest absolute Gasteiger partial charge is 0.449 e. The maximum atomic E-state index is 13.0. The molecule has 1 saturated carbocycles. The Bertz CT molecular complexity index is 623. The van der Waals surface area contributed by atoms with Gasteiger partial charge in [0.2, 0.25) is 0 Å². The zero-order valence-electron chi connectivity index (χ0n) is 15.7. The number of likely N-dealkylation sites (tertiary alicyclic amines) is 1. The van der Waals surface area contributed by atoms with Gasteiger partial charge in [0.1, 0.15) is 0 Å². The van der Waals surface area contributed by atoms with Crippen LogP contribution < -0.4 is 0 Å². The van der Waals surface area contributed by atoms with Gasteiger partial charge in [-0.05, 0) is 51.3 Å². The maximum Gasteiger partial charge on any atom is 0.317 e. The molecular weight excluding hydrogens is 346 g/mol. The van der Waals surface area contributed by atoms with Gasteiger partial charge in [-0.15, -0.1) is 12.4 Å². The Labute approximate surface area is 163 Å². The van der Waals surface area contributed by atoms with E-state index in [1.807, 2.05) is 25.1 Å². The molecule has 1 heterocycles. The van der Waals surface area contributed by atoms with Crippen molar-refractivity contribution in [3.63, 3.8) is 0 Å². The summed E-state index contributed by atoms with van der Waals surface area (Å²) in [5, 5.41) is 0. The first-order chi connectivity index (χ1) is 12.2. The van der Waals surface area contributed by atoms with Gasteiger partial charge in [-0.2, -0.15) is 0 Å². The van der Waals surface area contributed by atoms with Gasteiger partial charge in [-0.25, -0.2) is 0 Å². The molecule has 1 aromatic carbocycles. The van der Waals surface area contributed by atoms with E-state index in [-0.39, 0.29) is 24.5 Å². The third-order valence-corrected chi connectivity index (χ3v) is 5.51. The van der Waals surface area contributed by atoms with E-state index in [0.717, 1.165) is 50.9 Å². The molecule has 0 spiro atoms. The van der Waals surface area contributed by atoms with Crippen LogP contribution >= 0.6 is 12.4 Å². The highest BCUT2D eigenvalue weighted by Gasteiger charge is 2.42. The lowest BCUT2D eigenvalue weighted by atomic mass is 9.69. The van der Waals surface area contributed by atoms with E-state index >= 15 is 0 Å². The van der Waals surface area contributed by atoms with Crippen molar-refractivity contribution in [2.75, 3.05) is 19.6 Å². The SMILES string of the molecule is CC(C#CCN1CCCC1)OC(=O)C1(c2ccccc2)CCCCC1.Cl. The molecule has 3 rings (SSSR count). The maximum absolute atomic E-state index is 13.0. The Hall–Kier alpha value is -1.50. The highest BCUT2D eigenvalue weighted by atomic mass is 35.5. The number of benzene rings is 1. The summed E-state index contributed by atoms with van der Waals surface area (Å²) < 4.78 is 5.78. The Morgan fingerprint density at radius 3 is 2.42 bits per heavy atom. The lowest BCUT2D eigenvalue weighted by molar-refractivity contribution is -0.154. The highest BCUT2D eigenvalue weighted by Crippen LogP contribution is 2.40. The molecule has 1 aliphatic carbocycles. The molecular formula is C22H30ClNO2. The van der Waals surface area contributed by atoms with Gasteiger partial charge in [0.25, 0.3) is 0 Å². The number of hydrogen-bond acceptors (Lipinski definition) is 3. The number of ether oxygens (including phenoxy) is 1. The van der Waals surface area contributed by atoms with Crippen molar-refractivity contribution >= 4 is 18.4 Å². The lowest BCUT2D eigenvalue weighted by Crippen LogP contribution is -2.40. The van der Waals surface area contributed by atoms with Crippen LogP contribution in [0.25, 0.3) is 0 Å². The first-order valence-corrected chi connectivity index (χ1v) is 9.68. The number of rotatable bonds is 4. The topological polar surface area (TPSA) is 29.5 Å². The normalized spacial score (nSPS) is 20.3. The van der Waals surface area contributed by atoms with E-state index in [0.29, 0.717) is 0 Å². The predicted molar refractivity (Wildman–Crippen MR) is 107 cm³/mol. The van der Waals surface area contributed by atoms with Gasteiger partial charge in [0.05, 0.1) is 12.0 Å². The summed E-state index contributed by atoms with van der Waals surface area (Å²) in [6.45, 7) is 4.95. The molecule has 26 heavy (non-hydrogen) atoms. The van der Waals surface area contributed by atoms with Crippen molar-refractivity contribution in [2.24, 2.45) is 0 Å². The third-order valence-electron chi connectivity index (χ3n) is 5.51. The molecule has 1 saturated heterocycles. The van der Waals surface area contributed by atoms with Crippen LogP contribution in [0.4, 0.5) is 0 Å². The number of carbonyl (C=O) groups is 1. The Morgan fingerprint density at radius 2 is 1.77 bits per heavy atom. The average Bonchev–Trinajstić information content (AvgIpc) is 3.16. The molecule has 1 aromatic rings. The van der Waals surface area contributed by atoms with Crippen molar-refractivity contribution in [1.82, 2.24) is 4.90 Å². The molecule has 0 radical (unpaired) electrons. The molecule has 142 valence electrons. The number of carbonyl (C=O) groups excluding carboxylic acids is 1. The first kappa shape index (κ1) is 20.8. The molecule has 4 heteroatoms. The van der Waals surface area contributed by atoms with Crippen molar-refractivity contribution in [2.45, 2.75) is 63.4 Å². The zero-order chi connectivity index (χ0) is 17.5. The van der Waals surface area contributed by atoms with Gasteiger partial charge in [0, 0.05) is 0 Å². The average molecular weight is 376 g/mol. The van der Waals surface area contributed by atoms with Gasteiger partial charge in [0.15, 0.2) is 6.10 Å². The molecule has 0 aromatic heterocycles. The fourth-order valence-corrected chi connectivity index (χ4v) is 4.07. The number of nitrogens with zero attached hydrogens (tertiary/aromatic N) is 1. The summed E-state index contributed by atoms with van der Waals surface area (Å²) in [4.78, 5) is 15.4. The minimum Gasteiger partial charge on any atom is -0.449 e. The minimum absolute atomic E-state index is 0. The van der Waals surface area contributed by atoms with Crippen LogP contribution in [0.15, 0.2) is 30.3 Å². The van der Waals surface area contributed by atoms with E-state index in [4.69, 9.17) is 4.74 Å². The summed E-state index contributed by atoms with van der Waals surface area (Å²) in [5.74, 6) is 6.20. The molecule has 3 nitrogen and oxygen atoms in total. The molecule has 0 bridgehead atoms. The van der Waals surface area contributed by atoms with Crippen LogP contribution in [0.2, 0.25) is 0 Å². The minimum atomic E-state index is -0.482. The van der Waals surface area contributed by atoms with Crippen LogP contribution in [0.1, 0.15) is 57.4 Å². The summed E-state index contributed by atoms with van der Waals surface area (Å²) in [6.07, 6.45) is 7.31. The van der Waals surface area contributed by atoms with E-state index in [1.54, 1.807) is 0 Å². The van der Waals surface area contributed by atoms with Crippen LogP contribution in [0.5, 0.6) is 0 Å². The summed E-state index contributed by atoms with van der Waals surface area (Å²) >= 11 is 0. The smallest absolute Gasteiger partial charge is 0.317 e. The fourth-order valence-electron chi connectivity index (χ4n) is 4.07. The van der Waals surface area contributed by atoms with E-state index in [1.165, 1.54) is 19.3 Å². The summed E-state index contributed by atoms with van der Waals surface area (Å²) in [5.41, 5.74) is 0.613. The van der Waals surface area contributed by atoms with Crippen LogP contribution in [-0.2, 0) is 14.9 Å². The second-order valence-corrected chi connectivity index (χ2v) is 7.36. The van der Waals surface area contributed by atoms with Crippen LogP contribution in [0.3, 0.4) is 0 Å². The molecule has 2 aliphatic rings. The van der Waals surface area contributed by atoms with Crippen LogP contribution in [-0.4, -0.2) is 36.6 Å². The molecule has 0 amide bonds. The first-order valence-electron chi connectivity index (χ1n) is 9.68. The van der Waals surface area contributed by atoms with Crippen molar-refractivity contribution in [3.8, 4) is 11.8 Å². The van der Waals surface area contributed by atoms with E-state index in [9.17, 15) is 4.79 Å². The molecule has 0 N–H and O–H groups in total. The Balaban J connectivity index is 0.00000243. The second-order valence-electron chi connectivity index (χ2n) is 7.36.